The van der Waals surface area contributed by atoms with Gasteiger partial charge in [0.15, 0.2) is 11.4 Å². The number of allylic oxidation sites excluding steroid dienone is 2. The Morgan fingerprint density at radius 2 is 2.21 bits per heavy atom. The van der Waals surface area contributed by atoms with Gasteiger partial charge in [-0.25, -0.2) is 9.97 Å². The molecule has 2 amide bonds. The zero-order valence-electron chi connectivity index (χ0n) is 21.7. The molecule has 2 aliphatic rings. The maximum atomic E-state index is 13.0. The van der Waals surface area contributed by atoms with Crippen LogP contribution >= 0.6 is 22.7 Å². The van der Waals surface area contributed by atoms with Crippen molar-refractivity contribution in [3.05, 3.63) is 68.6 Å². The summed E-state index contributed by atoms with van der Waals surface area (Å²) < 4.78 is 5.23. The summed E-state index contributed by atoms with van der Waals surface area (Å²) in [5.74, 6) is -0.375. The van der Waals surface area contributed by atoms with E-state index in [-0.39, 0.29) is 17.7 Å². The van der Waals surface area contributed by atoms with E-state index in [4.69, 9.17) is 4.74 Å². The van der Waals surface area contributed by atoms with Crippen molar-refractivity contribution in [2.45, 2.75) is 45.3 Å². The molecule has 5 rings (SSSR count). The smallest absolute Gasteiger partial charge is 0.269 e. The van der Waals surface area contributed by atoms with Crippen LogP contribution in [0.3, 0.4) is 0 Å². The number of amides is 2. The summed E-state index contributed by atoms with van der Waals surface area (Å²) in [4.78, 5) is 40.9. The number of benzene rings is 1. The number of anilines is 2. The molecular weight excluding hydrogens is 534 g/mol. The number of aryl methyl sites for hydroxylation is 2. The number of nitrogens with one attached hydrogen (secondary N) is 1. The predicted octanol–water partition coefficient (Wildman–Crippen LogP) is 5.09. The quantitative estimate of drug-likeness (QED) is 0.291. The molecule has 2 aliphatic heterocycles. The summed E-state index contributed by atoms with van der Waals surface area (Å²) in [6, 6.07) is 6.00. The van der Waals surface area contributed by atoms with Crippen molar-refractivity contribution in [2.24, 2.45) is 4.99 Å². The standard InChI is InChI=1S/C28H29N5O4S2/c1-16(5-4-11-29-3)14-33-22-8-6-18(13-19(22)7-9-23(33)34)21-15-38-28(31-21)32-25(35)24-17(2)30-26(39-24)20-10-12-37-27(20)36/h4-6,8,11,13,15,20,27,36H,3,7,9-10,12,14H2,1-2H3,(H,31,32,35)/b11-4-,16-5+. The molecule has 1 saturated heterocycles. The Hall–Kier alpha value is -3.51. The average molecular weight is 564 g/mol. The van der Waals surface area contributed by atoms with Crippen molar-refractivity contribution in [3.8, 4) is 11.3 Å². The first-order chi connectivity index (χ1) is 18.8. The van der Waals surface area contributed by atoms with Gasteiger partial charge in [0.05, 0.1) is 23.9 Å². The largest absolute Gasteiger partial charge is 0.367 e. The summed E-state index contributed by atoms with van der Waals surface area (Å²) >= 11 is 2.64. The van der Waals surface area contributed by atoms with E-state index in [0.717, 1.165) is 28.1 Å². The molecule has 2 atom stereocenters. The molecule has 2 aromatic heterocycles. The van der Waals surface area contributed by atoms with Gasteiger partial charge in [-0.05, 0) is 57.2 Å². The number of aliphatic hydroxyl groups excluding tert-OH is 1. The van der Waals surface area contributed by atoms with Crippen molar-refractivity contribution >= 4 is 52.0 Å². The minimum absolute atomic E-state index is 0.101. The highest BCUT2D eigenvalue weighted by molar-refractivity contribution is 7.15. The minimum Gasteiger partial charge on any atom is -0.367 e. The fraction of sp³-hybridized carbons (Fsp3) is 0.321. The van der Waals surface area contributed by atoms with Gasteiger partial charge in [-0.1, -0.05) is 17.7 Å². The SMILES string of the molecule is C=N/C=C\C=C(/C)CN1C(=O)CCc2cc(-c3csc(NC(=O)c4sc(C5CCOC5O)nc4C)n3)ccc21. The Morgan fingerprint density at radius 3 is 2.97 bits per heavy atom. The number of thiazole rings is 2. The monoisotopic (exact) mass is 563 g/mol. The molecule has 202 valence electrons. The van der Waals surface area contributed by atoms with Crippen molar-refractivity contribution in [2.75, 3.05) is 23.4 Å². The third-order valence-corrected chi connectivity index (χ3v) is 8.72. The average Bonchev–Trinajstić information content (AvgIpc) is 3.65. The van der Waals surface area contributed by atoms with Crippen LogP contribution in [0.5, 0.6) is 0 Å². The summed E-state index contributed by atoms with van der Waals surface area (Å²) in [5, 5.41) is 16.0. The Bertz CT molecular complexity index is 1470. The number of rotatable bonds is 8. The van der Waals surface area contributed by atoms with Crippen LogP contribution in [0, 0.1) is 6.92 Å². The number of hydrogen-bond donors (Lipinski definition) is 2. The minimum atomic E-state index is -0.882. The van der Waals surface area contributed by atoms with Crippen LogP contribution in [-0.4, -0.2) is 53.0 Å². The lowest BCUT2D eigenvalue weighted by atomic mass is 9.97. The summed E-state index contributed by atoms with van der Waals surface area (Å²) in [7, 11) is 0. The molecule has 2 unspecified atom stereocenters. The molecule has 9 nitrogen and oxygen atoms in total. The summed E-state index contributed by atoms with van der Waals surface area (Å²) in [6.45, 7) is 8.18. The number of ether oxygens (including phenoxy) is 1. The zero-order valence-corrected chi connectivity index (χ0v) is 23.3. The second-order valence-corrected chi connectivity index (χ2v) is 11.4. The second kappa shape index (κ2) is 11.7. The maximum Gasteiger partial charge on any atom is 0.269 e. The van der Waals surface area contributed by atoms with E-state index in [1.807, 2.05) is 41.5 Å². The maximum absolute atomic E-state index is 13.0. The molecule has 0 aliphatic carbocycles. The van der Waals surface area contributed by atoms with Gasteiger partial charge in [0.25, 0.3) is 5.91 Å². The molecular formula is C28H29N5O4S2. The Balaban J connectivity index is 1.30. The van der Waals surface area contributed by atoms with Crippen molar-refractivity contribution in [1.29, 1.82) is 0 Å². The molecule has 1 aromatic carbocycles. The first-order valence-corrected chi connectivity index (χ1v) is 14.3. The fourth-order valence-corrected chi connectivity index (χ4v) is 6.52. The second-order valence-electron chi connectivity index (χ2n) is 9.48. The van der Waals surface area contributed by atoms with Gasteiger partial charge in [-0.2, -0.15) is 0 Å². The molecule has 11 heteroatoms. The number of nitrogens with zero attached hydrogens (tertiary/aromatic N) is 4. The first-order valence-electron chi connectivity index (χ1n) is 12.6. The number of fused-ring (bicyclic) bond motifs is 1. The Kier molecular flexibility index (Phi) is 8.12. The lowest BCUT2D eigenvalue weighted by Gasteiger charge is -2.30. The molecule has 1 fully saturated rings. The zero-order chi connectivity index (χ0) is 27.5. The van der Waals surface area contributed by atoms with E-state index in [9.17, 15) is 14.7 Å². The number of hydrogen-bond acceptors (Lipinski definition) is 9. The normalized spacial score (nSPS) is 19.5. The number of aliphatic hydroxyl groups is 1. The fourth-order valence-electron chi connectivity index (χ4n) is 4.69. The van der Waals surface area contributed by atoms with E-state index in [2.05, 4.69) is 33.1 Å². The highest BCUT2D eigenvalue weighted by Gasteiger charge is 2.32. The number of aliphatic imine (C=N–C) groups is 1. The Labute approximate surface area is 234 Å². The van der Waals surface area contributed by atoms with Gasteiger partial charge in [-0.3, -0.25) is 19.9 Å². The van der Waals surface area contributed by atoms with Gasteiger partial charge in [0.2, 0.25) is 5.91 Å². The van der Waals surface area contributed by atoms with E-state index in [1.54, 1.807) is 13.1 Å². The lowest BCUT2D eigenvalue weighted by Crippen LogP contribution is -2.36. The molecule has 2 N–H and O–H groups in total. The first kappa shape index (κ1) is 27.1. The van der Waals surface area contributed by atoms with E-state index in [1.165, 1.54) is 22.7 Å². The third-order valence-electron chi connectivity index (χ3n) is 6.68. The molecule has 4 heterocycles. The Morgan fingerprint density at radius 1 is 1.36 bits per heavy atom. The van der Waals surface area contributed by atoms with Crippen molar-refractivity contribution in [3.63, 3.8) is 0 Å². The van der Waals surface area contributed by atoms with Gasteiger partial charge in [-0.15, -0.1) is 22.7 Å². The van der Waals surface area contributed by atoms with E-state index in [0.29, 0.717) is 53.1 Å². The topological polar surface area (TPSA) is 117 Å². The predicted molar refractivity (Wildman–Crippen MR) is 155 cm³/mol. The van der Waals surface area contributed by atoms with E-state index >= 15 is 0 Å². The third kappa shape index (κ3) is 5.91. The van der Waals surface area contributed by atoms with Crippen LogP contribution in [0.2, 0.25) is 0 Å². The van der Waals surface area contributed by atoms with Crippen LogP contribution in [0.15, 0.2) is 52.5 Å². The van der Waals surface area contributed by atoms with Crippen LogP contribution in [0.25, 0.3) is 11.3 Å². The van der Waals surface area contributed by atoms with Crippen LogP contribution in [-0.2, 0) is 16.0 Å². The number of carbonyl (C=O) groups excluding carboxylic acids is 2. The van der Waals surface area contributed by atoms with Crippen molar-refractivity contribution < 1.29 is 19.4 Å². The van der Waals surface area contributed by atoms with Crippen molar-refractivity contribution in [1.82, 2.24) is 9.97 Å². The molecule has 39 heavy (non-hydrogen) atoms. The van der Waals surface area contributed by atoms with Gasteiger partial charge in [0, 0.05) is 35.8 Å². The van der Waals surface area contributed by atoms with Gasteiger partial charge in [0.1, 0.15) is 9.88 Å². The highest BCUT2D eigenvalue weighted by atomic mass is 32.1. The lowest BCUT2D eigenvalue weighted by molar-refractivity contribution is -0.118. The molecule has 3 aromatic rings. The van der Waals surface area contributed by atoms with Crippen LogP contribution in [0.4, 0.5) is 10.8 Å². The molecule has 0 radical (unpaired) electrons. The summed E-state index contributed by atoms with van der Waals surface area (Å²) in [5.41, 5.74) is 5.34. The van der Waals surface area contributed by atoms with Gasteiger partial charge >= 0.3 is 0 Å². The molecule has 0 spiro atoms. The highest BCUT2D eigenvalue weighted by Crippen LogP contribution is 2.36. The van der Waals surface area contributed by atoms with Crippen LogP contribution < -0.4 is 10.2 Å². The van der Waals surface area contributed by atoms with E-state index < -0.39 is 6.29 Å². The van der Waals surface area contributed by atoms with Crippen LogP contribution in [0.1, 0.15) is 51.6 Å². The number of carbonyl (C=O) groups is 2. The summed E-state index contributed by atoms with van der Waals surface area (Å²) in [6.07, 6.45) is 6.26. The number of aromatic nitrogens is 2. The molecule has 0 bridgehead atoms. The molecule has 0 saturated carbocycles. The van der Waals surface area contributed by atoms with Gasteiger partial charge < -0.3 is 14.7 Å².